The van der Waals surface area contributed by atoms with E-state index in [1.54, 1.807) is 11.0 Å². The highest BCUT2D eigenvalue weighted by atomic mass is 16.4. The van der Waals surface area contributed by atoms with Crippen LogP contribution in [0.25, 0.3) is 0 Å². The molecule has 192 valence electrons. The van der Waals surface area contributed by atoms with Gasteiger partial charge >= 0.3 is 5.97 Å². The minimum Gasteiger partial charge on any atom is -0.507 e. The summed E-state index contributed by atoms with van der Waals surface area (Å²) in [5.74, 6) is 4.70. The first-order valence-corrected chi connectivity index (χ1v) is 12.6. The second-order valence-electron chi connectivity index (χ2n) is 10.5. The van der Waals surface area contributed by atoms with E-state index in [2.05, 4.69) is 43.0 Å². The molecule has 1 amide bonds. The number of aromatic carboxylic acids is 1. The zero-order valence-electron chi connectivity index (χ0n) is 22.0. The fraction of sp³-hybridized carbons (Fsp3) is 0.312. The number of phenols is 1. The Bertz CT molecular complexity index is 1290. The van der Waals surface area contributed by atoms with Gasteiger partial charge in [-0.05, 0) is 65.8 Å². The predicted octanol–water partition coefficient (Wildman–Crippen LogP) is 6.80. The number of aromatic hydroxyl groups is 1. The Balaban J connectivity index is 1.78. The molecule has 37 heavy (non-hydrogen) atoms. The van der Waals surface area contributed by atoms with Crippen LogP contribution in [0.15, 0.2) is 66.7 Å². The number of anilines is 1. The molecule has 5 heteroatoms. The van der Waals surface area contributed by atoms with Crippen LogP contribution in [0.5, 0.6) is 5.75 Å². The van der Waals surface area contributed by atoms with Crippen LogP contribution in [0.2, 0.25) is 0 Å². The number of carbonyl (C=O) groups excluding carboxylic acids is 1. The third-order valence-corrected chi connectivity index (χ3v) is 5.92. The number of carboxylic acids is 1. The number of unbranched alkanes of at least 4 members (excludes halogenated alkanes) is 1. The van der Waals surface area contributed by atoms with Gasteiger partial charge in [0.25, 0.3) is 0 Å². The van der Waals surface area contributed by atoms with Gasteiger partial charge in [0, 0.05) is 29.3 Å². The summed E-state index contributed by atoms with van der Waals surface area (Å²) in [6, 6.07) is 20.3. The second kappa shape index (κ2) is 12.3. The van der Waals surface area contributed by atoms with E-state index in [-0.39, 0.29) is 29.2 Å². The highest BCUT2D eigenvalue weighted by Gasteiger charge is 2.24. The van der Waals surface area contributed by atoms with E-state index in [1.165, 1.54) is 30.5 Å². The molecular weight excluding hydrogens is 462 g/mol. The third kappa shape index (κ3) is 8.25. The van der Waals surface area contributed by atoms with Crippen molar-refractivity contribution in [1.82, 2.24) is 0 Å². The van der Waals surface area contributed by atoms with Crippen molar-refractivity contribution in [1.29, 1.82) is 0 Å². The number of hydrogen-bond acceptors (Lipinski definition) is 3. The molecule has 0 atom stereocenters. The van der Waals surface area contributed by atoms with Gasteiger partial charge in [0.1, 0.15) is 11.3 Å². The van der Waals surface area contributed by atoms with E-state index in [0.717, 1.165) is 23.1 Å². The molecule has 3 aromatic rings. The van der Waals surface area contributed by atoms with Gasteiger partial charge in [-0.2, -0.15) is 0 Å². The maximum Gasteiger partial charge on any atom is 0.339 e. The predicted molar refractivity (Wildman–Crippen MR) is 148 cm³/mol. The number of hydrogen-bond donors (Lipinski definition) is 2. The lowest BCUT2D eigenvalue weighted by Crippen LogP contribution is -2.33. The van der Waals surface area contributed by atoms with Crippen LogP contribution < -0.4 is 4.90 Å². The van der Waals surface area contributed by atoms with E-state index in [9.17, 15) is 19.8 Å². The number of nitrogens with zero attached hydrogens (tertiary/aromatic N) is 1. The van der Waals surface area contributed by atoms with E-state index in [0.29, 0.717) is 12.1 Å². The van der Waals surface area contributed by atoms with Crippen LogP contribution in [-0.2, 0) is 17.8 Å². The summed E-state index contributed by atoms with van der Waals surface area (Å²) in [4.78, 5) is 26.1. The van der Waals surface area contributed by atoms with Crippen molar-refractivity contribution in [3.05, 3.63) is 94.5 Å². The van der Waals surface area contributed by atoms with Crippen molar-refractivity contribution in [3.8, 4) is 17.6 Å². The topological polar surface area (TPSA) is 77.8 Å². The number of carbonyl (C=O) groups is 2. The fourth-order valence-corrected chi connectivity index (χ4v) is 3.90. The van der Waals surface area contributed by atoms with Gasteiger partial charge in [0.05, 0.1) is 6.54 Å². The molecular formula is C32H35NO4. The summed E-state index contributed by atoms with van der Waals surface area (Å²) in [6.45, 7) is 8.43. The standard InChI is InChI=1S/C32H35NO4/c1-5-6-7-23-8-10-24(11-9-23)12-13-25-14-16-26(17-15-25)22-33(30(35)21-32(2,3)4)27-18-19-28(31(36)37)29(34)20-27/h8-11,14-20,34H,5-7,21-22H2,1-4H3,(H,36,37). The molecule has 0 radical (unpaired) electrons. The van der Waals surface area contributed by atoms with Gasteiger partial charge in [-0.15, -0.1) is 0 Å². The number of benzene rings is 3. The minimum atomic E-state index is -1.22. The number of rotatable bonds is 8. The van der Waals surface area contributed by atoms with Crippen LogP contribution in [0.3, 0.4) is 0 Å². The summed E-state index contributed by atoms with van der Waals surface area (Å²) in [5, 5.41) is 19.4. The number of amides is 1. The van der Waals surface area contributed by atoms with E-state index < -0.39 is 5.97 Å². The summed E-state index contributed by atoms with van der Waals surface area (Å²) in [7, 11) is 0. The molecule has 3 rings (SSSR count). The Labute approximate surface area is 219 Å². The Kier molecular flexibility index (Phi) is 9.14. The molecule has 0 saturated heterocycles. The Morgan fingerprint density at radius 2 is 1.43 bits per heavy atom. The summed E-state index contributed by atoms with van der Waals surface area (Å²) >= 11 is 0. The van der Waals surface area contributed by atoms with E-state index in [4.69, 9.17) is 0 Å². The quantitative estimate of drug-likeness (QED) is 0.336. The first-order chi connectivity index (χ1) is 17.6. The molecule has 0 unspecified atom stereocenters. The zero-order chi connectivity index (χ0) is 27.0. The normalized spacial score (nSPS) is 10.9. The SMILES string of the molecule is CCCCc1ccc(C#Cc2ccc(CN(C(=O)CC(C)(C)C)c3ccc(C(=O)O)c(O)c3)cc2)cc1. The van der Waals surface area contributed by atoms with Crippen molar-refractivity contribution in [3.63, 3.8) is 0 Å². The number of aryl methyl sites for hydroxylation is 1. The van der Waals surface area contributed by atoms with E-state index >= 15 is 0 Å². The Morgan fingerprint density at radius 3 is 1.92 bits per heavy atom. The average Bonchev–Trinajstić information content (AvgIpc) is 2.84. The molecule has 0 fully saturated rings. The van der Waals surface area contributed by atoms with E-state index in [1.807, 2.05) is 45.0 Å². The highest BCUT2D eigenvalue weighted by molar-refractivity contribution is 5.96. The Morgan fingerprint density at radius 1 is 0.865 bits per heavy atom. The molecule has 0 aliphatic carbocycles. The molecule has 3 aromatic carbocycles. The van der Waals surface area contributed by atoms with Gasteiger partial charge in [0.2, 0.25) is 5.91 Å². The van der Waals surface area contributed by atoms with Crippen molar-refractivity contribution in [2.45, 2.75) is 59.9 Å². The monoisotopic (exact) mass is 497 g/mol. The lowest BCUT2D eigenvalue weighted by molar-refractivity contribution is -0.120. The second-order valence-corrected chi connectivity index (χ2v) is 10.5. The van der Waals surface area contributed by atoms with Crippen LogP contribution in [0.1, 0.15) is 79.6 Å². The van der Waals surface area contributed by atoms with Gasteiger partial charge in [-0.1, -0.05) is 70.2 Å². The molecule has 0 heterocycles. The fourth-order valence-electron chi connectivity index (χ4n) is 3.90. The zero-order valence-corrected chi connectivity index (χ0v) is 22.0. The number of carboxylic acid groups (broad SMARTS) is 1. The highest BCUT2D eigenvalue weighted by Crippen LogP contribution is 2.29. The van der Waals surface area contributed by atoms with Crippen molar-refractivity contribution >= 4 is 17.6 Å². The lowest BCUT2D eigenvalue weighted by Gasteiger charge is -2.27. The molecule has 0 bridgehead atoms. The first-order valence-electron chi connectivity index (χ1n) is 12.6. The molecule has 0 aromatic heterocycles. The summed E-state index contributed by atoms with van der Waals surface area (Å²) < 4.78 is 0. The summed E-state index contributed by atoms with van der Waals surface area (Å²) in [5.41, 5.74) is 4.07. The lowest BCUT2D eigenvalue weighted by atomic mass is 9.91. The van der Waals surface area contributed by atoms with Crippen LogP contribution in [-0.4, -0.2) is 22.1 Å². The molecule has 2 N–H and O–H groups in total. The molecule has 0 aliphatic heterocycles. The van der Waals surface area contributed by atoms with Gasteiger partial charge in [0.15, 0.2) is 0 Å². The van der Waals surface area contributed by atoms with Gasteiger partial charge in [-0.3, -0.25) is 4.79 Å². The van der Waals surface area contributed by atoms with Crippen LogP contribution in [0, 0.1) is 17.3 Å². The van der Waals surface area contributed by atoms with Crippen LogP contribution >= 0.6 is 0 Å². The largest absolute Gasteiger partial charge is 0.507 e. The maximum atomic E-state index is 13.2. The van der Waals surface area contributed by atoms with Crippen molar-refractivity contribution < 1.29 is 19.8 Å². The smallest absolute Gasteiger partial charge is 0.339 e. The molecule has 0 aliphatic rings. The molecule has 5 nitrogen and oxygen atoms in total. The molecule has 0 spiro atoms. The first kappa shape index (κ1) is 27.5. The third-order valence-electron chi connectivity index (χ3n) is 5.92. The summed E-state index contributed by atoms with van der Waals surface area (Å²) in [6.07, 6.45) is 3.75. The Hall–Kier alpha value is -4.04. The van der Waals surface area contributed by atoms with Gasteiger partial charge < -0.3 is 15.1 Å². The van der Waals surface area contributed by atoms with Gasteiger partial charge in [-0.25, -0.2) is 4.79 Å². The van der Waals surface area contributed by atoms with Crippen molar-refractivity contribution in [2.75, 3.05) is 4.90 Å². The molecule has 0 saturated carbocycles. The minimum absolute atomic E-state index is 0.110. The average molecular weight is 498 g/mol. The maximum absolute atomic E-state index is 13.2. The van der Waals surface area contributed by atoms with Crippen LogP contribution in [0.4, 0.5) is 5.69 Å². The van der Waals surface area contributed by atoms with Crippen molar-refractivity contribution in [2.24, 2.45) is 5.41 Å².